The maximum absolute atomic E-state index is 12.2. The van der Waals surface area contributed by atoms with E-state index in [1.54, 1.807) is 24.3 Å². The van der Waals surface area contributed by atoms with Gasteiger partial charge in [0.1, 0.15) is 12.2 Å². The number of hydrogen-bond donors (Lipinski definition) is 2. The third-order valence-corrected chi connectivity index (χ3v) is 8.34. The first-order valence-electron chi connectivity index (χ1n) is 12.7. The number of carbonyl (C=O) groups is 1. The summed E-state index contributed by atoms with van der Waals surface area (Å²) in [5.41, 5.74) is 5.88. The van der Waals surface area contributed by atoms with Gasteiger partial charge in [-0.2, -0.15) is 4.99 Å². The van der Waals surface area contributed by atoms with Crippen LogP contribution >= 0.6 is 12.2 Å². The van der Waals surface area contributed by atoms with Gasteiger partial charge >= 0.3 is 0 Å². The van der Waals surface area contributed by atoms with E-state index in [-0.39, 0.29) is 17.4 Å². The summed E-state index contributed by atoms with van der Waals surface area (Å²) in [6.45, 7) is 1.69. The fourth-order valence-corrected chi connectivity index (χ4v) is 6.68. The first-order chi connectivity index (χ1) is 18.0. The number of carbonyl (C=O) groups excluding carboxylic acids is 1. The molecule has 8 nitrogen and oxygen atoms in total. The van der Waals surface area contributed by atoms with Gasteiger partial charge < -0.3 is 19.5 Å². The van der Waals surface area contributed by atoms with Gasteiger partial charge in [-0.3, -0.25) is 9.63 Å². The number of ether oxygens (including phenoxy) is 2. The zero-order valence-corrected chi connectivity index (χ0v) is 21.4. The summed E-state index contributed by atoms with van der Waals surface area (Å²) in [7, 11) is 2.20. The van der Waals surface area contributed by atoms with Crippen LogP contribution in [0.15, 0.2) is 53.5 Å². The largest absolute Gasteiger partial charge is 0.490 e. The lowest BCUT2D eigenvalue weighted by molar-refractivity contribution is -0.0454. The lowest BCUT2D eigenvalue weighted by atomic mass is 9.53. The maximum Gasteiger partial charge on any atom is 0.274 e. The Hall–Kier alpha value is -3.07. The molecule has 1 saturated heterocycles. The lowest BCUT2D eigenvalue weighted by Gasteiger charge is -2.56. The molecular formula is C28H29N3O5S. The van der Waals surface area contributed by atoms with Crippen molar-refractivity contribution in [3.63, 3.8) is 0 Å². The average Bonchev–Trinajstić information content (AvgIpc) is 3.26. The van der Waals surface area contributed by atoms with Crippen molar-refractivity contribution in [2.45, 2.75) is 42.9 Å². The predicted molar refractivity (Wildman–Crippen MR) is 141 cm³/mol. The van der Waals surface area contributed by atoms with E-state index in [0.29, 0.717) is 48.6 Å². The van der Waals surface area contributed by atoms with Crippen LogP contribution in [-0.4, -0.2) is 66.1 Å². The molecule has 0 saturated carbocycles. The second kappa shape index (κ2) is 9.67. The molecule has 37 heavy (non-hydrogen) atoms. The zero-order valence-electron chi connectivity index (χ0n) is 20.6. The standard InChI is InChI=1S/C28H29N3O5S/c1-31-12-11-28-20-8-9-22(32)26(28)36-25-23(10-5-18(24(25)28)15-21(20)31)34-13-2-14-35-30-27(33)17-3-6-19(7-4-17)29-16-37/h3-10,20-22,26,32H,2,11-15H2,1H3,(H,30,33)/t20-,21+,22?,26?,28-/m0/s1. The van der Waals surface area contributed by atoms with Crippen LogP contribution in [0.1, 0.15) is 34.3 Å². The van der Waals surface area contributed by atoms with Gasteiger partial charge in [0, 0.05) is 34.9 Å². The molecule has 2 aromatic rings. The van der Waals surface area contributed by atoms with Crippen LogP contribution in [0.4, 0.5) is 5.69 Å². The minimum atomic E-state index is -0.632. The molecule has 2 aromatic carbocycles. The monoisotopic (exact) mass is 519 g/mol. The number of nitrogens with one attached hydrogen (secondary N) is 1. The lowest BCUT2D eigenvalue weighted by Crippen LogP contribution is -2.64. The number of amides is 1. The van der Waals surface area contributed by atoms with Crippen molar-refractivity contribution in [1.82, 2.24) is 10.4 Å². The fourth-order valence-electron chi connectivity index (χ4n) is 6.57. The summed E-state index contributed by atoms with van der Waals surface area (Å²) >= 11 is 4.58. The molecule has 0 radical (unpaired) electrons. The number of hydroxylamine groups is 1. The van der Waals surface area contributed by atoms with E-state index in [1.807, 2.05) is 12.1 Å². The molecule has 2 aliphatic carbocycles. The van der Waals surface area contributed by atoms with Crippen LogP contribution in [0.3, 0.4) is 0 Å². The van der Waals surface area contributed by atoms with Crippen LogP contribution in [0.25, 0.3) is 0 Å². The van der Waals surface area contributed by atoms with Gasteiger partial charge in [0.05, 0.1) is 24.1 Å². The molecule has 2 bridgehead atoms. The molecule has 2 unspecified atom stereocenters. The summed E-state index contributed by atoms with van der Waals surface area (Å²) in [6, 6.07) is 11.2. The van der Waals surface area contributed by atoms with E-state index in [9.17, 15) is 9.90 Å². The van der Waals surface area contributed by atoms with Gasteiger partial charge in [-0.15, -0.1) is 0 Å². The second-order valence-electron chi connectivity index (χ2n) is 10.1. The number of thiocarbonyl (C=S) groups is 1. The zero-order chi connectivity index (χ0) is 25.6. The molecule has 9 heteroatoms. The van der Waals surface area contributed by atoms with Crippen molar-refractivity contribution in [2.24, 2.45) is 10.9 Å². The van der Waals surface area contributed by atoms with Crippen molar-refractivity contribution >= 4 is 29.0 Å². The number of benzene rings is 2. The number of nitrogens with zero attached hydrogens (tertiary/aromatic N) is 2. The number of aliphatic hydroxyl groups is 1. The molecular weight excluding hydrogens is 490 g/mol. The average molecular weight is 520 g/mol. The van der Waals surface area contributed by atoms with Crippen LogP contribution in [0.2, 0.25) is 0 Å². The normalized spacial score (nSPS) is 28.6. The highest BCUT2D eigenvalue weighted by Crippen LogP contribution is 2.62. The van der Waals surface area contributed by atoms with Gasteiger partial charge in [0.25, 0.3) is 5.91 Å². The van der Waals surface area contributed by atoms with Gasteiger partial charge in [0.15, 0.2) is 11.5 Å². The van der Waals surface area contributed by atoms with Crippen molar-refractivity contribution in [3.8, 4) is 11.5 Å². The smallest absolute Gasteiger partial charge is 0.274 e. The van der Waals surface area contributed by atoms with Crippen molar-refractivity contribution in [2.75, 3.05) is 26.8 Å². The molecule has 2 N–H and O–H groups in total. The third kappa shape index (κ3) is 3.98. The molecule has 192 valence electrons. The van der Waals surface area contributed by atoms with Crippen LogP contribution < -0.4 is 15.0 Å². The molecule has 2 aliphatic heterocycles. The van der Waals surface area contributed by atoms with E-state index in [2.05, 4.69) is 51.9 Å². The molecule has 1 fully saturated rings. The Labute approximate surface area is 220 Å². The number of likely N-dealkylation sites (N-methyl/N-ethyl adjacent to an activating group) is 1. The predicted octanol–water partition coefficient (Wildman–Crippen LogP) is 3.36. The number of likely N-dealkylation sites (tertiary alicyclic amines) is 1. The number of hydrogen-bond acceptors (Lipinski definition) is 8. The van der Waals surface area contributed by atoms with Gasteiger partial charge in [0.2, 0.25) is 0 Å². The van der Waals surface area contributed by atoms with Crippen molar-refractivity contribution in [1.29, 1.82) is 0 Å². The summed E-state index contributed by atoms with van der Waals surface area (Å²) in [4.78, 5) is 23.9. The molecule has 2 heterocycles. The van der Waals surface area contributed by atoms with E-state index in [1.165, 1.54) is 11.1 Å². The van der Waals surface area contributed by atoms with Gasteiger partial charge in [-0.25, -0.2) is 5.48 Å². The molecule has 0 aromatic heterocycles. The van der Waals surface area contributed by atoms with Crippen molar-refractivity contribution in [3.05, 3.63) is 65.2 Å². The summed E-state index contributed by atoms with van der Waals surface area (Å²) in [6.07, 6.45) is 5.70. The van der Waals surface area contributed by atoms with E-state index < -0.39 is 6.10 Å². The Morgan fingerprint density at radius 2 is 2.11 bits per heavy atom. The first kappa shape index (κ1) is 24.3. The van der Waals surface area contributed by atoms with E-state index in [4.69, 9.17) is 14.3 Å². The molecule has 1 amide bonds. The summed E-state index contributed by atoms with van der Waals surface area (Å²) in [5, 5.41) is 13.1. The first-order valence-corrected chi connectivity index (χ1v) is 13.1. The molecule has 1 spiro atoms. The minimum absolute atomic E-state index is 0.199. The maximum atomic E-state index is 12.2. The van der Waals surface area contributed by atoms with E-state index >= 15 is 0 Å². The van der Waals surface area contributed by atoms with Gasteiger partial charge in [-0.1, -0.05) is 18.2 Å². The Kier molecular flexibility index (Phi) is 6.34. The quantitative estimate of drug-likeness (QED) is 0.182. The topological polar surface area (TPSA) is 92.6 Å². The fraction of sp³-hybridized carbons (Fsp3) is 0.429. The number of rotatable bonds is 8. The summed E-state index contributed by atoms with van der Waals surface area (Å²) in [5.74, 6) is 1.47. The molecule has 6 rings (SSSR count). The van der Waals surface area contributed by atoms with Gasteiger partial charge in [-0.05, 0) is 74.5 Å². The number of aliphatic hydroxyl groups excluding tert-OH is 1. The van der Waals surface area contributed by atoms with E-state index in [0.717, 1.165) is 25.1 Å². The minimum Gasteiger partial charge on any atom is -0.490 e. The van der Waals surface area contributed by atoms with Crippen LogP contribution in [-0.2, 0) is 16.7 Å². The van der Waals surface area contributed by atoms with Crippen molar-refractivity contribution < 1.29 is 24.2 Å². The molecule has 5 atom stereocenters. The number of piperidine rings is 1. The second-order valence-corrected chi connectivity index (χ2v) is 10.3. The Morgan fingerprint density at radius 3 is 2.92 bits per heavy atom. The SMILES string of the molecule is CN1CC[C@]23c4c5ccc(OCCCONC(=O)c6ccc(N=C=S)cc6)c4OC2C(O)C=C[C@H]3[C@H]1C5. The summed E-state index contributed by atoms with van der Waals surface area (Å²) < 4.78 is 12.6. The number of aliphatic imine (C=N–C) groups is 1. The Morgan fingerprint density at radius 1 is 1.27 bits per heavy atom. The highest BCUT2D eigenvalue weighted by Gasteiger charge is 2.64. The van der Waals surface area contributed by atoms with Crippen LogP contribution in [0, 0.1) is 5.92 Å². The van der Waals surface area contributed by atoms with Crippen LogP contribution in [0.5, 0.6) is 11.5 Å². The Balaban J connectivity index is 1.08. The third-order valence-electron chi connectivity index (χ3n) is 8.25. The highest BCUT2D eigenvalue weighted by molar-refractivity contribution is 7.78. The number of isothiocyanates is 1. The molecule has 4 aliphatic rings. The Bertz CT molecular complexity index is 1290. The highest BCUT2D eigenvalue weighted by atomic mass is 32.1.